The lowest BCUT2D eigenvalue weighted by molar-refractivity contribution is -0.282. The van der Waals surface area contributed by atoms with E-state index in [0.29, 0.717) is 6.92 Å². The molecule has 1 fully saturated rings. The van der Waals surface area contributed by atoms with E-state index in [2.05, 4.69) is 4.74 Å². The topological polar surface area (TPSA) is 26.3 Å². The Morgan fingerprint density at radius 2 is 1.75 bits per heavy atom. The number of ether oxygens (including phenoxy) is 1. The Balaban J connectivity index is 3.05. The molecule has 2 nitrogen and oxygen atoms in total. The molecular formula is C8H8F6O2. The van der Waals surface area contributed by atoms with E-state index in [9.17, 15) is 31.1 Å². The summed E-state index contributed by atoms with van der Waals surface area (Å²) in [5, 5.41) is 0. The van der Waals surface area contributed by atoms with Crippen molar-refractivity contribution in [3.05, 3.63) is 0 Å². The number of Topliss-reactive ketones (excluding diaryl/α,β-unsaturated/α-hetero) is 1. The minimum Gasteiger partial charge on any atom is -0.359 e. The maximum absolute atomic E-state index is 12.4. The largest absolute Gasteiger partial charge is 0.424 e. The Labute approximate surface area is 86.6 Å². The van der Waals surface area contributed by atoms with Crippen LogP contribution in [0.5, 0.6) is 0 Å². The van der Waals surface area contributed by atoms with Crippen molar-refractivity contribution < 1.29 is 35.9 Å². The highest BCUT2D eigenvalue weighted by Gasteiger charge is 2.64. The van der Waals surface area contributed by atoms with Crippen molar-refractivity contribution in [2.24, 2.45) is 5.92 Å². The van der Waals surface area contributed by atoms with Gasteiger partial charge >= 0.3 is 12.4 Å². The lowest BCUT2D eigenvalue weighted by Gasteiger charge is -2.38. The molecule has 0 N–H and O–H groups in total. The second-order valence-electron chi connectivity index (χ2n) is 3.63. The van der Waals surface area contributed by atoms with Gasteiger partial charge in [0, 0.05) is 6.61 Å². The predicted octanol–water partition coefficient (Wildman–Crippen LogP) is 2.48. The third-order valence-electron chi connectivity index (χ3n) is 2.52. The van der Waals surface area contributed by atoms with Gasteiger partial charge in [-0.3, -0.25) is 4.79 Å². The van der Waals surface area contributed by atoms with E-state index in [-0.39, 0.29) is 0 Å². The molecule has 1 rings (SSSR count). The second-order valence-corrected chi connectivity index (χ2v) is 3.63. The molecule has 8 heteroatoms. The molecule has 1 aliphatic heterocycles. The number of halogens is 6. The summed E-state index contributed by atoms with van der Waals surface area (Å²) in [5.74, 6) is -4.58. The van der Waals surface area contributed by atoms with Crippen LogP contribution in [-0.4, -0.2) is 30.3 Å². The van der Waals surface area contributed by atoms with Crippen LogP contribution in [0.2, 0.25) is 0 Å². The number of carbonyl (C=O) groups is 1. The monoisotopic (exact) mass is 250 g/mol. The van der Waals surface area contributed by atoms with Crippen LogP contribution in [0.4, 0.5) is 26.3 Å². The van der Waals surface area contributed by atoms with Crippen LogP contribution >= 0.6 is 0 Å². The Morgan fingerprint density at radius 1 is 1.25 bits per heavy atom. The molecule has 2 unspecified atom stereocenters. The zero-order valence-corrected chi connectivity index (χ0v) is 8.08. The first-order chi connectivity index (χ1) is 7.00. The molecule has 16 heavy (non-hydrogen) atoms. The van der Waals surface area contributed by atoms with Crippen molar-refractivity contribution in [1.29, 1.82) is 0 Å². The molecule has 0 saturated carbocycles. The highest BCUT2D eigenvalue weighted by atomic mass is 19.4. The van der Waals surface area contributed by atoms with Crippen LogP contribution in [0, 0.1) is 5.92 Å². The molecule has 0 aromatic heterocycles. The van der Waals surface area contributed by atoms with Crippen LogP contribution < -0.4 is 0 Å². The molecule has 0 aromatic rings. The average molecular weight is 250 g/mol. The molecule has 0 aliphatic carbocycles. The molecule has 0 bridgehead atoms. The third kappa shape index (κ3) is 2.02. The fourth-order valence-electron chi connectivity index (χ4n) is 1.45. The summed E-state index contributed by atoms with van der Waals surface area (Å²) in [4.78, 5) is 11.2. The van der Waals surface area contributed by atoms with Gasteiger partial charge in [0.15, 0.2) is 5.78 Å². The van der Waals surface area contributed by atoms with Gasteiger partial charge in [-0.2, -0.15) is 26.3 Å². The minimum atomic E-state index is -5.14. The van der Waals surface area contributed by atoms with Gasteiger partial charge in [0.2, 0.25) is 5.60 Å². The number of hydrogen-bond acceptors (Lipinski definition) is 2. The predicted molar refractivity (Wildman–Crippen MR) is 39.6 cm³/mol. The number of ketones is 1. The molecule has 2 atom stereocenters. The van der Waals surface area contributed by atoms with Gasteiger partial charge in [-0.25, -0.2) is 0 Å². The van der Waals surface area contributed by atoms with Gasteiger partial charge in [0.1, 0.15) is 5.92 Å². The quantitative estimate of drug-likeness (QED) is 0.617. The smallest absolute Gasteiger partial charge is 0.359 e. The van der Waals surface area contributed by atoms with E-state index < -0.39 is 42.7 Å². The van der Waals surface area contributed by atoms with E-state index >= 15 is 0 Å². The zero-order valence-electron chi connectivity index (χ0n) is 8.08. The normalized spacial score (nSPS) is 32.9. The van der Waals surface area contributed by atoms with Gasteiger partial charge < -0.3 is 4.74 Å². The van der Waals surface area contributed by atoms with E-state index in [4.69, 9.17) is 0 Å². The number of rotatable bonds is 0. The summed E-state index contributed by atoms with van der Waals surface area (Å²) in [6.07, 6.45) is -10.9. The van der Waals surface area contributed by atoms with E-state index in [0.717, 1.165) is 0 Å². The lowest BCUT2D eigenvalue weighted by atomic mass is 9.84. The third-order valence-corrected chi connectivity index (χ3v) is 2.52. The summed E-state index contributed by atoms with van der Waals surface area (Å²) >= 11 is 0. The van der Waals surface area contributed by atoms with Crippen LogP contribution in [0.3, 0.4) is 0 Å². The molecule has 0 aromatic carbocycles. The number of carbonyl (C=O) groups excluding carboxylic acids is 1. The Hall–Kier alpha value is -0.790. The van der Waals surface area contributed by atoms with Gasteiger partial charge in [-0.1, -0.05) is 0 Å². The van der Waals surface area contributed by atoms with E-state index in [1.807, 2.05) is 0 Å². The molecule has 0 radical (unpaired) electrons. The van der Waals surface area contributed by atoms with E-state index in [1.165, 1.54) is 0 Å². The van der Waals surface area contributed by atoms with Crippen molar-refractivity contribution in [3.8, 4) is 0 Å². The summed E-state index contributed by atoms with van der Waals surface area (Å²) < 4.78 is 78.3. The average Bonchev–Trinajstić information content (AvgIpc) is 2.05. The molecule has 0 spiro atoms. The summed E-state index contributed by atoms with van der Waals surface area (Å²) in [6.45, 7) is -0.418. The molecule has 0 amide bonds. The first-order valence-electron chi connectivity index (χ1n) is 4.32. The van der Waals surface area contributed by atoms with Crippen LogP contribution in [0.25, 0.3) is 0 Å². The van der Waals surface area contributed by atoms with Crippen LogP contribution in [0.1, 0.15) is 13.3 Å². The van der Waals surface area contributed by atoms with Crippen molar-refractivity contribution >= 4 is 5.78 Å². The highest BCUT2D eigenvalue weighted by molar-refractivity contribution is 5.91. The highest BCUT2D eigenvalue weighted by Crippen LogP contribution is 2.43. The molecule has 94 valence electrons. The second kappa shape index (κ2) is 3.61. The fourth-order valence-corrected chi connectivity index (χ4v) is 1.45. The lowest BCUT2D eigenvalue weighted by Crippen LogP contribution is -2.59. The van der Waals surface area contributed by atoms with E-state index in [1.54, 1.807) is 0 Å². The Kier molecular flexibility index (Phi) is 3.00. The van der Waals surface area contributed by atoms with Gasteiger partial charge in [-0.15, -0.1) is 0 Å². The molecular weight excluding hydrogens is 242 g/mol. The minimum absolute atomic E-state index is 0.327. The molecule has 1 heterocycles. The maximum Gasteiger partial charge on any atom is 0.424 e. The zero-order chi connectivity index (χ0) is 12.8. The Bertz CT molecular complexity index is 294. The number of hydrogen-bond donors (Lipinski definition) is 0. The summed E-state index contributed by atoms with van der Waals surface area (Å²) in [6, 6.07) is 0. The summed E-state index contributed by atoms with van der Waals surface area (Å²) in [5.41, 5.74) is -3.36. The molecule has 1 aliphatic rings. The summed E-state index contributed by atoms with van der Waals surface area (Å²) in [7, 11) is 0. The molecule has 1 saturated heterocycles. The van der Waals surface area contributed by atoms with Crippen molar-refractivity contribution in [2.75, 3.05) is 6.61 Å². The van der Waals surface area contributed by atoms with Gasteiger partial charge in [-0.05, 0) is 13.3 Å². The fraction of sp³-hybridized carbons (Fsp3) is 0.875. The SMILES string of the molecule is CC1(C(F)(F)F)OCCC(C(F)(F)F)C1=O. The Morgan fingerprint density at radius 3 is 2.12 bits per heavy atom. The van der Waals surface area contributed by atoms with Crippen LogP contribution in [0.15, 0.2) is 0 Å². The first-order valence-corrected chi connectivity index (χ1v) is 4.32. The standard InChI is InChI=1S/C8H8F6O2/c1-6(8(12,13)14)5(15)4(2-3-16-6)7(9,10)11/h4H,2-3H2,1H3. The maximum atomic E-state index is 12.4. The van der Waals surface area contributed by atoms with Gasteiger partial charge in [0.05, 0.1) is 0 Å². The van der Waals surface area contributed by atoms with Crippen LogP contribution in [-0.2, 0) is 9.53 Å². The van der Waals surface area contributed by atoms with Crippen molar-refractivity contribution in [3.63, 3.8) is 0 Å². The first kappa shape index (κ1) is 13.3. The van der Waals surface area contributed by atoms with Crippen molar-refractivity contribution in [2.45, 2.75) is 31.3 Å². The van der Waals surface area contributed by atoms with Gasteiger partial charge in [0.25, 0.3) is 0 Å². The number of alkyl halides is 6. The van der Waals surface area contributed by atoms with Crippen molar-refractivity contribution in [1.82, 2.24) is 0 Å².